The van der Waals surface area contributed by atoms with Crippen molar-refractivity contribution in [3.63, 3.8) is 0 Å². The summed E-state index contributed by atoms with van der Waals surface area (Å²) in [5, 5.41) is 53.7. The molecule has 1 aliphatic rings. The van der Waals surface area contributed by atoms with Gasteiger partial charge in [0.15, 0.2) is 6.29 Å². The van der Waals surface area contributed by atoms with E-state index in [0.717, 1.165) is 38.5 Å². The fourth-order valence-corrected chi connectivity index (χ4v) is 5.22. The van der Waals surface area contributed by atoms with E-state index in [1.807, 2.05) is 18.2 Å². The third-order valence-corrected chi connectivity index (χ3v) is 8.31. The Bertz CT molecular complexity index is 931. The molecule has 0 bridgehead atoms. The standard InChI is InChI=1S/C39H67NO8/c1-3-5-7-9-11-13-15-17-19-21-23-25-27-29-35(43)40-32(31-47-39-38(46)37(45)36(44)34(30-41)48-39)33(42)28-26-24-22-20-18-16-14-12-10-8-6-4-2/h10,12,17-20,23,25-26,28,32-34,36-39,41-42,44-46H,3-9,11,13-16,21-22,24,27,29-31H2,1-2H3,(H,40,43)/b12-10+,19-17-,20-18+,25-23-,28-26+. The molecule has 0 aromatic heterocycles. The highest BCUT2D eigenvalue weighted by atomic mass is 16.7. The van der Waals surface area contributed by atoms with Crippen molar-refractivity contribution in [2.45, 2.75) is 166 Å². The Hall–Kier alpha value is -2.11. The fourth-order valence-electron chi connectivity index (χ4n) is 5.22. The molecule has 0 spiro atoms. The average Bonchev–Trinajstić information content (AvgIpc) is 3.08. The Morgan fingerprint density at radius 1 is 0.708 bits per heavy atom. The third-order valence-electron chi connectivity index (χ3n) is 8.31. The van der Waals surface area contributed by atoms with Crippen LogP contribution in [-0.2, 0) is 14.3 Å². The molecule has 0 aliphatic carbocycles. The molecule has 276 valence electrons. The van der Waals surface area contributed by atoms with Crippen LogP contribution >= 0.6 is 0 Å². The van der Waals surface area contributed by atoms with Crippen molar-refractivity contribution in [3.8, 4) is 0 Å². The molecule has 0 saturated carbocycles. The molecule has 0 radical (unpaired) electrons. The molecule has 1 rings (SSSR count). The van der Waals surface area contributed by atoms with Crippen LogP contribution in [0.25, 0.3) is 0 Å². The molecule has 9 nitrogen and oxygen atoms in total. The molecule has 7 unspecified atom stereocenters. The van der Waals surface area contributed by atoms with Crippen LogP contribution in [-0.4, -0.2) is 87.5 Å². The summed E-state index contributed by atoms with van der Waals surface area (Å²) < 4.78 is 11.1. The quantitative estimate of drug-likeness (QED) is 0.0430. The fraction of sp³-hybridized carbons (Fsp3) is 0.718. The molecule has 7 atom stereocenters. The summed E-state index contributed by atoms with van der Waals surface area (Å²) in [6, 6.07) is -0.856. The van der Waals surface area contributed by atoms with Gasteiger partial charge in [0.05, 0.1) is 25.4 Å². The number of rotatable bonds is 28. The second-order valence-electron chi connectivity index (χ2n) is 12.6. The predicted molar refractivity (Wildman–Crippen MR) is 193 cm³/mol. The normalized spacial score (nSPS) is 23.4. The number of carbonyl (C=O) groups is 1. The van der Waals surface area contributed by atoms with Gasteiger partial charge in [0, 0.05) is 6.42 Å². The topological polar surface area (TPSA) is 149 Å². The van der Waals surface area contributed by atoms with Gasteiger partial charge >= 0.3 is 0 Å². The predicted octanol–water partition coefficient (Wildman–Crippen LogP) is 6.10. The minimum atomic E-state index is -1.58. The van der Waals surface area contributed by atoms with Crippen molar-refractivity contribution in [1.82, 2.24) is 5.32 Å². The SMILES string of the molecule is CCCC/C=C/CC/C=C/CC/C=C/C(O)C(COC1OC(CO)C(O)C(O)C1O)NC(=O)CC/C=C\C/C=C\CCCCCCCC. The Morgan fingerprint density at radius 2 is 1.27 bits per heavy atom. The number of nitrogens with one attached hydrogen (secondary N) is 1. The van der Waals surface area contributed by atoms with Crippen LogP contribution in [0.15, 0.2) is 60.8 Å². The first-order chi connectivity index (χ1) is 23.3. The van der Waals surface area contributed by atoms with Crippen LogP contribution in [0.1, 0.15) is 123 Å². The van der Waals surface area contributed by atoms with E-state index in [-0.39, 0.29) is 18.9 Å². The first-order valence-electron chi connectivity index (χ1n) is 18.5. The van der Waals surface area contributed by atoms with Crippen LogP contribution in [0.4, 0.5) is 0 Å². The minimum absolute atomic E-state index is 0.226. The van der Waals surface area contributed by atoms with E-state index >= 15 is 0 Å². The van der Waals surface area contributed by atoms with Gasteiger partial charge < -0.3 is 40.3 Å². The summed E-state index contributed by atoms with van der Waals surface area (Å²) >= 11 is 0. The smallest absolute Gasteiger partial charge is 0.220 e. The zero-order chi connectivity index (χ0) is 35.2. The Labute approximate surface area is 290 Å². The Morgan fingerprint density at radius 3 is 1.94 bits per heavy atom. The first kappa shape index (κ1) is 43.9. The maximum absolute atomic E-state index is 12.8. The van der Waals surface area contributed by atoms with Crippen LogP contribution in [0, 0.1) is 0 Å². The van der Waals surface area contributed by atoms with E-state index < -0.39 is 49.5 Å². The van der Waals surface area contributed by atoms with E-state index in [4.69, 9.17) is 9.47 Å². The second-order valence-corrected chi connectivity index (χ2v) is 12.6. The molecule has 6 N–H and O–H groups in total. The van der Waals surface area contributed by atoms with Gasteiger partial charge in [-0.05, 0) is 57.8 Å². The number of unbranched alkanes of at least 4 members (excludes halogenated alkanes) is 10. The minimum Gasteiger partial charge on any atom is -0.394 e. The number of aliphatic hydroxyl groups is 5. The highest BCUT2D eigenvalue weighted by molar-refractivity contribution is 5.76. The van der Waals surface area contributed by atoms with Crippen LogP contribution < -0.4 is 5.32 Å². The van der Waals surface area contributed by atoms with Gasteiger partial charge in [-0.3, -0.25) is 4.79 Å². The van der Waals surface area contributed by atoms with Gasteiger partial charge in [0.1, 0.15) is 24.4 Å². The molecule has 9 heteroatoms. The summed E-state index contributed by atoms with van der Waals surface area (Å²) in [5.41, 5.74) is 0. The molecular formula is C39H67NO8. The highest BCUT2D eigenvalue weighted by Gasteiger charge is 2.44. The number of hydrogen-bond acceptors (Lipinski definition) is 8. The lowest BCUT2D eigenvalue weighted by Gasteiger charge is -2.40. The molecule has 1 saturated heterocycles. The Balaban J connectivity index is 2.57. The van der Waals surface area contributed by atoms with Gasteiger partial charge in [-0.2, -0.15) is 0 Å². The lowest BCUT2D eigenvalue weighted by molar-refractivity contribution is -0.302. The molecule has 1 fully saturated rings. The first-order valence-corrected chi connectivity index (χ1v) is 18.5. The number of hydrogen-bond donors (Lipinski definition) is 6. The molecule has 1 amide bonds. The van der Waals surface area contributed by atoms with Gasteiger partial charge in [-0.15, -0.1) is 0 Å². The van der Waals surface area contributed by atoms with E-state index in [1.54, 1.807) is 6.08 Å². The van der Waals surface area contributed by atoms with Crippen molar-refractivity contribution in [2.24, 2.45) is 0 Å². The largest absolute Gasteiger partial charge is 0.394 e. The summed E-state index contributed by atoms with van der Waals surface area (Å²) in [6.07, 6.45) is 29.9. The van der Waals surface area contributed by atoms with Gasteiger partial charge in [0.2, 0.25) is 5.91 Å². The zero-order valence-corrected chi connectivity index (χ0v) is 29.7. The monoisotopic (exact) mass is 677 g/mol. The van der Waals surface area contributed by atoms with Crippen molar-refractivity contribution in [2.75, 3.05) is 13.2 Å². The van der Waals surface area contributed by atoms with Gasteiger partial charge in [-0.25, -0.2) is 0 Å². The van der Waals surface area contributed by atoms with Crippen molar-refractivity contribution < 1.29 is 39.8 Å². The number of allylic oxidation sites excluding steroid dienone is 9. The lowest BCUT2D eigenvalue weighted by Crippen LogP contribution is -2.60. The van der Waals surface area contributed by atoms with E-state index in [9.17, 15) is 30.3 Å². The summed E-state index contributed by atoms with van der Waals surface area (Å²) in [7, 11) is 0. The number of carbonyl (C=O) groups excluding carboxylic acids is 1. The summed E-state index contributed by atoms with van der Waals surface area (Å²) in [4.78, 5) is 12.8. The van der Waals surface area contributed by atoms with E-state index in [0.29, 0.717) is 12.8 Å². The van der Waals surface area contributed by atoms with Gasteiger partial charge in [-0.1, -0.05) is 120 Å². The number of amides is 1. The third kappa shape index (κ3) is 21.1. The average molecular weight is 678 g/mol. The lowest BCUT2D eigenvalue weighted by atomic mass is 9.99. The Kier molecular flexibility index (Phi) is 27.2. The molecule has 48 heavy (non-hydrogen) atoms. The molecule has 0 aromatic rings. The summed E-state index contributed by atoms with van der Waals surface area (Å²) in [6.45, 7) is 3.61. The molecule has 1 aliphatic heterocycles. The maximum atomic E-state index is 12.8. The van der Waals surface area contributed by atoms with E-state index in [2.05, 4.69) is 55.6 Å². The number of aliphatic hydroxyl groups excluding tert-OH is 5. The molecule has 1 heterocycles. The van der Waals surface area contributed by atoms with Crippen LogP contribution in [0.5, 0.6) is 0 Å². The second kappa shape index (κ2) is 29.8. The zero-order valence-electron chi connectivity index (χ0n) is 29.7. The van der Waals surface area contributed by atoms with Gasteiger partial charge in [0.25, 0.3) is 0 Å². The summed E-state index contributed by atoms with van der Waals surface area (Å²) in [5.74, 6) is -0.264. The van der Waals surface area contributed by atoms with Crippen molar-refractivity contribution >= 4 is 5.91 Å². The van der Waals surface area contributed by atoms with E-state index in [1.165, 1.54) is 51.4 Å². The maximum Gasteiger partial charge on any atom is 0.220 e. The van der Waals surface area contributed by atoms with Crippen LogP contribution in [0.3, 0.4) is 0 Å². The van der Waals surface area contributed by atoms with Crippen molar-refractivity contribution in [1.29, 1.82) is 0 Å². The van der Waals surface area contributed by atoms with Crippen molar-refractivity contribution in [3.05, 3.63) is 60.8 Å². The van der Waals surface area contributed by atoms with Crippen LogP contribution in [0.2, 0.25) is 0 Å². The molecule has 0 aromatic carbocycles. The number of ether oxygens (including phenoxy) is 2. The highest BCUT2D eigenvalue weighted by Crippen LogP contribution is 2.22. The molecular weight excluding hydrogens is 610 g/mol.